The lowest BCUT2D eigenvalue weighted by Crippen LogP contribution is -2.33. The van der Waals surface area contributed by atoms with E-state index in [9.17, 15) is 21.6 Å². The van der Waals surface area contributed by atoms with E-state index in [0.29, 0.717) is 6.07 Å². The van der Waals surface area contributed by atoms with Gasteiger partial charge in [0.05, 0.1) is 21.3 Å². The zero-order chi connectivity index (χ0) is 19.7. The lowest BCUT2D eigenvalue weighted by atomic mass is 10.2. The van der Waals surface area contributed by atoms with Gasteiger partial charge in [0.25, 0.3) is 0 Å². The van der Waals surface area contributed by atoms with Gasteiger partial charge >= 0.3 is 16.2 Å². The third-order valence-corrected chi connectivity index (χ3v) is 6.07. The van der Waals surface area contributed by atoms with E-state index < -0.39 is 38.4 Å². The van der Waals surface area contributed by atoms with Crippen molar-refractivity contribution in [3.63, 3.8) is 0 Å². The number of pyridine rings is 1. The van der Waals surface area contributed by atoms with Gasteiger partial charge in [0.1, 0.15) is 16.2 Å². The first-order chi connectivity index (χ1) is 12.0. The average Bonchev–Trinajstić information content (AvgIpc) is 2.54. The maximum Gasteiger partial charge on any atom is 0.417 e. The Balaban J connectivity index is 2.64. The molecule has 0 saturated carbocycles. The van der Waals surface area contributed by atoms with Crippen LogP contribution in [-0.2, 0) is 20.9 Å². The minimum atomic E-state index is -4.78. The molecule has 1 N–H and O–H groups in total. The van der Waals surface area contributed by atoms with Crippen LogP contribution in [0.2, 0.25) is 10.0 Å². The van der Waals surface area contributed by atoms with Gasteiger partial charge in [0.2, 0.25) is 0 Å². The van der Waals surface area contributed by atoms with E-state index in [2.05, 4.69) is 20.9 Å². The standard InChI is InChI=1S/C14H10BrCl2F3N2O3S/c1-25-7-22(12-4-8(16)6-21-13(12)15)26(23,24)9-2-3-11(17)10(5-9)14(18,19)20/h2-6H,7H2,1H3/p+1. The molecule has 5 nitrogen and oxygen atoms in total. The van der Waals surface area contributed by atoms with Crippen LogP contribution >= 0.6 is 39.1 Å². The van der Waals surface area contributed by atoms with Gasteiger partial charge in [-0.05, 0) is 40.2 Å². The third-order valence-electron chi connectivity index (χ3n) is 3.15. The average molecular weight is 495 g/mol. The maximum atomic E-state index is 13.1. The molecule has 1 aromatic carbocycles. The second kappa shape index (κ2) is 7.89. The summed E-state index contributed by atoms with van der Waals surface area (Å²) < 4.78 is 68.8. The van der Waals surface area contributed by atoms with Gasteiger partial charge in [-0.3, -0.25) is 0 Å². The van der Waals surface area contributed by atoms with Crippen LogP contribution in [0.25, 0.3) is 0 Å². The third kappa shape index (κ3) is 4.42. The van der Waals surface area contributed by atoms with Crippen LogP contribution in [0.1, 0.15) is 5.56 Å². The number of nitrogens with zero attached hydrogens (tertiary/aromatic N) is 2. The Kier molecular flexibility index (Phi) is 6.44. The molecule has 2 aromatic rings. The molecule has 0 radical (unpaired) electrons. The molecule has 0 fully saturated rings. The van der Waals surface area contributed by atoms with Crippen molar-refractivity contribution >= 4 is 54.8 Å². The molecule has 26 heavy (non-hydrogen) atoms. The van der Waals surface area contributed by atoms with Crippen LogP contribution in [0.15, 0.2) is 40.0 Å². The van der Waals surface area contributed by atoms with Crippen LogP contribution in [0, 0.1) is 0 Å². The Morgan fingerprint density at radius 3 is 2.58 bits per heavy atom. The number of ether oxygens (including phenoxy) is 1. The van der Waals surface area contributed by atoms with Gasteiger partial charge in [-0.2, -0.15) is 21.7 Å². The Morgan fingerprint density at radius 1 is 1.35 bits per heavy atom. The van der Waals surface area contributed by atoms with Gasteiger partial charge in [-0.25, -0.2) is 9.19 Å². The van der Waals surface area contributed by atoms with Crippen LogP contribution < -0.4 is 4.31 Å². The molecule has 1 heterocycles. The van der Waals surface area contributed by atoms with Gasteiger partial charge in [-0.15, -0.1) is 0 Å². The van der Waals surface area contributed by atoms with E-state index in [-0.39, 0.29) is 15.3 Å². The van der Waals surface area contributed by atoms with Gasteiger partial charge in [0, 0.05) is 13.3 Å². The minimum absolute atomic E-state index is 0.0651. The monoisotopic (exact) mass is 493 g/mol. The Hall–Kier alpha value is -1.07. The van der Waals surface area contributed by atoms with Crippen molar-refractivity contribution < 1.29 is 26.3 Å². The van der Waals surface area contributed by atoms with Gasteiger partial charge in [0.15, 0.2) is 0 Å². The van der Waals surface area contributed by atoms with Crippen molar-refractivity contribution in [1.29, 1.82) is 0 Å². The number of aromatic nitrogens is 1. The van der Waals surface area contributed by atoms with E-state index >= 15 is 0 Å². The fourth-order valence-corrected chi connectivity index (χ4v) is 4.34. The summed E-state index contributed by atoms with van der Waals surface area (Å²) in [5, 5.41) is -0.424. The number of hydrogen-bond donors (Lipinski definition) is 0. The lowest BCUT2D eigenvalue weighted by Gasteiger charge is -2.21. The predicted molar refractivity (Wildman–Crippen MR) is 96.1 cm³/mol. The summed E-state index contributed by atoms with van der Waals surface area (Å²) in [5.41, 5.74) is -1.16. The number of anilines is 1. The number of methoxy groups -OCH3 is 1. The normalized spacial score (nSPS) is 14.1. The topological polar surface area (TPSA) is 63.8 Å². The van der Waals surface area contributed by atoms with Crippen LogP contribution in [0.4, 0.5) is 18.9 Å². The van der Waals surface area contributed by atoms with E-state index in [1.165, 1.54) is 19.4 Å². The molecule has 142 valence electrons. The second-order valence-electron chi connectivity index (χ2n) is 4.90. The molecule has 0 aliphatic heterocycles. The fourth-order valence-electron chi connectivity index (χ4n) is 1.99. The lowest BCUT2D eigenvalue weighted by molar-refractivity contribution is -0.137. The molecule has 0 amide bonds. The highest BCUT2D eigenvalue weighted by Gasteiger charge is 2.38. The fraction of sp³-hybridized carbons (Fsp3) is 0.214. The zero-order valence-electron chi connectivity index (χ0n) is 12.9. The highest BCUT2D eigenvalue weighted by Crippen LogP contribution is 2.37. The first-order valence-electron chi connectivity index (χ1n) is 6.69. The summed E-state index contributed by atoms with van der Waals surface area (Å²) in [7, 11) is -2.92. The number of hydrogen-bond acceptors (Lipinski definition) is 3. The molecular formula is C14H11BrCl2F3N2O3S+. The maximum absolute atomic E-state index is 13.1. The largest absolute Gasteiger partial charge is 0.417 e. The van der Waals surface area contributed by atoms with E-state index in [4.69, 9.17) is 27.9 Å². The molecule has 0 aliphatic carbocycles. The van der Waals surface area contributed by atoms with Crippen molar-refractivity contribution in [2.45, 2.75) is 11.1 Å². The summed E-state index contributed by atoms with van der Waals surface area (Å²) in [6.45, 7) is -0.417. The molecule has 1 atom stereocenters. The summed E-state index contributed by atoms with van der Waals surface area (Å²) in [4.78, 5) is 3.41. The molecular weight excluding hydrogens is 484 g/mol. The van der Waals surface area contributed by atoms with Crippen molar-refractivity contribution in [3.05, 3.63) is 50.7 Å². The molecule has 12 heteroatoms. The second-order valence-corrected chi connectivity index (χ2v) is 8.40. The van der Waals surface area contributed by atoms with E-state index in [1.807, 2.05) is 0 Å². The predicted octanol–water partition coefficient (Wildman–Crippen LogP) is 5.13. The summed E-state index contributed by atoms with van der Waals surface area (Å²) >= 11 is 14.6. The molecule has 0 aliphatic rings. The molecule has 0 saturated heterocycles. The zero-order valence-corrected chi connectivity index (χ0v) is 16.8. The van der Waals surface area contributed by atoms with Crippen LogP contribution in [-0.4, -0.2) is 27.2 Å². The summed E-state index contributed by atoms with van der Waals surface area (Å²) in [6, 6.07) is 3.80. The summed E-state index contributed by atoms with van der Waals surface area (Å²) in [5.74, 6) is 0. The Morgan fingerprint density at radius 2 is 2.00 bits per heavy atom. The highest BCUT2D eigenvalue weighted by molar-refractivity contribution is 9.10. The first kappa shape index (κ1) is 21.2. The highest BCUT2D eigenvalue weighted by atomic mass is 79.9. The van der Waals surface area contributed by atoms with Crippen molar-refractivity contribution in [3.8, 4) is 0 Å². The number of benzene rings is 1. The minimum Gasteiger partial charge on any atom is -0.363 e. The van der Waals surface area contributed by atoms with Crippen molar-refractivity contribution in [2.24, 2.45) is 0 Å². The molecule has 0 spiro atoms. The number of rotatable bonds is 5. The molecule has 0 bridgehead atoms. The van der Waals surface area contributed by atoms with Crippen LogP contribution in [0.5, 0.6) is 0 Å². The van der Waals surface area contributed by atoms with Crippen molar-refractivity contribution in [2.75, 3.05) is 18.1 Å². The molecule has 1 unspecified atom stereocenters. The SMILES string of the molecule is COCN(c1cc(Cl)cnc1Br)S(=O)(=[OH+])c1ccc(Cl)c(C(F)(F)F)c1. The molecule has 2 rings (SSSR count). The Labute approximate surface area is 165 Å². The smallest absolute Gasteiger partial charge is 0.363 e. The summed E-state index contributed by atoms with van der Waals surface area (Å²) in [6.07, 6.45) is -3.49. The number of halogens is 6. The van der Waals surface area contributed by atoms with E-state index in [0.717, 1.165) is 16.4 Å². The van der Waals surface area contributed by atoms with Gasteiger partial charge in [-0.1, -0.05) is 23.2 Å². The van der Waals surface area contributed by atoms with E-state index in [1.54, 1.807) is 0 Å². The molecule has 1 aromatic heterocycles. The quantitative estimate of drug-likeness (QED) is 0.329. The van der Waals surface area contributed by atoms with Crippen molar-refractivity contribution in [1.82, 2.24) is 4.98 Å². The Bertz CT molecular complexity index is 926. The van der Waals surface area contributed by atoms with Crippen LogP contribution in [0.3, 0.4) is 0 Å². The van der Waals surface area contributed by atoms with Gasteiger partial charge < -0.3 is 4.74 Å². The first-order valence-corrected chi connectivity index (χ1v) is 9.71. The number of alkyl halides is 3.